The third-order valence-electron chi connectivity index (χ3n) is 22.5. The van der Waals surface area contributed by atoms with Crippen LogP contribution in [-0.2, 0) is 0 Å². The molecule has 150 heavy (non-hydrogen) atoms. The molecule has 10 heterocycles. The van der Waals surface area contributed by atoms with Crippen LogP contribution in [0.3, 0.4) is 0 Å². The van der Waals surface area contributed by atoms with E-state index in [-0.39, 0.29) is 53.7 Å². The highest BCUT2D eigenvalue weighted by Crippen LogP contribution is 2.42. The van der Waals surface area contributed by atoms with E-state index in [1.807, 2.05) is 152 Å². The predicted molar refractivity (Wildman–Crippen MR) is 596 cm³/mol. The second-order valence-electron chi connectivity index (χ2n) is 32.7. The third kappa shape index (κ3) is 26.3. The van der Waals surface area contributed by atoms with Crippen LogP contribution in [0.4, 0.5) is 22.0 Å². The second-order valence-corrected chi connectivity index (χ2v) is 38.5. The lowest BCUT2D eigenvalue weighted by atomic mass is 9.92. The van der Waals surface area contributed by atoms with Crippen molar-refractivity contribution >= 4 is 230 Å². The van der Waals surface area contributed by atoms with Gasteiger partial charge in [-0.05, 0) is 234 Å². The number of allylic oxidation sites excluding steroid dienone is 3. The highest BCUT2D eigenvalue weighted by atomic mass is 79.9. The zero-order valence-electron chi connectivity index (χ0n) is 77.3. The third-order valence-corrected chi connectivity index (χ3v) is 27.6. The summed E-state index contributed by atoms with van der Waals surface area (Å²) in [6.45, 7) is 1.40. The number of aromatic amines is 5. The molecule has 2 atom stereocenters. The van der Waals surface area contributed by atoms with Crippen molar-refractivity contribution in [1.29, 1.82) is 0 Å². The molecule has 21 nitrogen and oxygen atoms in total. The van der Waals surface area contributed by atoms with Crippen LogP contribution in [0.15, 0.2) is 374 Å². The number of nitrogens with zero attached hydrogens (tertiary/aromatic N) is 5. The molecular weight excluding hydrogens is 2290 g/mol. The Hall–Kier alpha value is -15.7. The Kier molecular flexibility index (Phi) is 36.0. The quantitative estimate of drug-likeness (QED) is 0.0156. The van der Waals surface area contributed by atoms with Crippen LogP contribution in [0.1, 0.15) is 96.2 Å². The van der Waals surface area contributed by atoms with Crippen LogP contribution in [0, 0.1) is 29.1 Å². The highest BCUT2D eigenvalue weighted by Gasteiger charge is 2.33. The van der Waals surface area contributed by atoms with Crippen molar-refractivity contribution in [2.24, 2.45) is 0 Å². The predicted octanol–water partition coefficient (Wildman–Crippen LogP) is 28.8. The lowest BCUT2D eigenvalue weighted by Crippen LogP contribution is -2.28. The minimum Gasteiger partial charge on any atom is -0.321 e. The molecule has 10 aromatic heterocycles. The van der Waals surface area contributed by atoms with Gasteiger partial charge < -0.3 is 24.9 Å². The normalized spacial score (nSPS) is 11.6. The second kappa shape index (κ2) is 49.8. The fraction of sp³-hybridized carbons (Fsp3) is 0.0261. The number of halogens is 14. The summed E-state index contributed by atoms with van der Waals surface area (Å²) >= 11 is 44.2. The molecule has 0 aliphatic heterocycles. The van der Waals surface area contributed by atoms with Crippen LogP contribution < -0.4 is 27.8 Å². The molecule has 10 aromatic carbocycles. The monoisotopic (exact) mass is 2350 g/mol. The summed E-state index contributed by atoms with van der Waals surface area (Å²) in [5.41, 5.74) is 8.69. The summed E-state index contributed by atoms with van der Waals surface area (Å²) in [7, 11) is 0. The van der Waals surface area contributed by atoms with Gasteiger partial charge in [0, 0.05) is 144 Å². The molecule has 0 amide bonds. The van der Waals surface area contributed by atoms with Crippen LogP contribution in [-0.4, -0.2) is 89.9 Å². The zero-order valence-corrected chi connectivity index (χ0v) is 87.4. The number of hydrogen-bond donors (Lipinski definition) is 5. The Labute approximate surface area is 906 Å². The maximum atomic E-state index is 13.6. The minimum atomic E-state index is -0.851. The molecular formula is C115H70Br4Cl5F5N10O11. The number of hydrogen-bond acceptors (Lipinski definition) is 16. The molecule has 0 spiro atoms. The van der Waals surface area contributed by atoms with E-state index >= 15 is 0 Å². The van der Waals surface area contributed by atoms with E-state index in [9.17, 15) is 74.7 Å². The molecule has 744 valence electrons. The van der Waals surface area contributed by atoms with Crippen LogP contribution in [0.2, 0.25) is 25.1 Å². The van der Waals surface area contributed by atoms with Gasteiger partial charge in [-0.3, -0.25) is 77.7 Å². The van der Waals surface area contributed by atoms with Gasteiger partial charge in [-0.1, -0.05) is 242 Å². The number of aldehydes is 1. The molecule has 35 heteroatoms. The average molecular weight is 2360 g/mol. The van der Waals surface area contributed by atoms with E-state index in [0.717, 1.165) is 53.6 Å². The number of nitrogens with one attached hydrogen (secondary N) is 5. The van der Waals surface area contributed by atoms with Crippen molar-refractivity contribution in [2.75, 3.05) is 0 Å². The first-order valence-electron chi connectivity index (χ1n) is 44.6. The number of aromatic nitrogens is 10. The number of pyridine rings is 10. The van der Waals surface area contributed by atoms with Gasteiger partial charge in [-0.2, -0.15) is 0 Å². The van der Waals surface area contributed by atoms with Crippen molar-refractivity contribution in [1.82, 2.24) is 49.8 Å². The molecule has 2 unspecified atom stereocenters. The molecule has 0 aliphatic carbocycles. The topological polar surface area (TPSA) is 331 Å². The number of ketones is 5. The average Bonchev–Trinajstić information content (AvgIpc) is 0.718. The van der Waals surface area contributed by atoms with Gasteiger partial charge in [0.1, 0.15) is 29.1 Å². The highest BCUT2D eigenvalue weighted by molar-refractivity contribution is 9.12. The van der Waals surface area contributed by atoms with Crippen LogP contribution >= 0.6 is 122 Å². The van der Waals surface area contributed by atoms with E-state index in [2.05, 4.69) is 114 Å². The van der Waals surface area contributed by atoms with Gasteiger partial charge >= 0.3 is 0 Å². The molecule has 0 saturated heterocycles. The van der Waals surface area contributed by atoms with E-state index in [0.29, 0.717) is 147 Å². The molecule has 0 saturated carbocycles. The Morgan fingerprint density at radius 1 is 0.313 bits per heavy atom. The van der Waals surface area contributed by atoms with Gasteiger partial charge in [0.05, 0.1) is 77.4 Å². The summed E-state index contributed by atoms with van der Waals surface area (Å²) in [6, 6.07) is 77.7. The maximum absolute atomic E-state index is 13.6. The zero-order chi connectivity index (χ0) is 107. The number of fused-ring (bicyclic) bond motifs is 5. The Balaban J connectivity index is 0.000000138. The largest absolute Gasteiger partial charge is 0.321 e. The SMILES string of the molecule is CC(=O)c1c(-c2ccccc2)c2cc(Cl)ccc2[nH]c1=O.O=C(/C(Br)=C/c1cncc(F)c1)c1c(-c2ccccc2)c2cc(Cl)ccc2[nH]c1=O.O=C(/C(Br)=C\c1cncc(F)c1)c1c(-c2ccccc2)c2cc(Cl)ccc2[nH]c1=O.O=C(/C=C/c1cncc(F)c1)c1c(-c2ccccc2)c2cc(Cl)ccc2[nH]c1=O.O=C(c1c(-c2ccccc2)c2cc(Cl)ccc2[nH]c1=O)C(Br)C(Br)c1cncc(F)c1.O=Cc1cncc(F)c1. The maximum Gasteiger partial charge on any atom is 0.260 e. The van der Waals surface area contributed by atoms with Gasteiger partial charge in [0.2, 0.25) is 11.6 Å². The standard InChI is InChI=1S/C23H14Br2ClFN2O2.2C23H13BrClFN2O2.C23H14ClFN2O2.C17H12ClNO2.C6H4FNO/c24-20(13-8-15(27)11-28-10-13)21(25)22(30)19-18(12-4-2-1-3-5-12)16-9-14(26)6-7-17(16)29-23(19)31;2*24-18(9-13-8-16(26)12-27-11-13)22(29)21-20(14-4-2-1-3-5-14)17-10-15(25)6-7-19(17)28-23(21)30;24-16-7-8-19-18(11-16)21(15-4-2-1-3-5-15)22(23(29)27-19)20(28)9-6-14-10-17(25)13-26-12-14;1-10(20)15-16(11-5-3-2-4-6-11)13-9-12(18)7-8-14(13)19-17(15)21;7-6-1-5(4-9)2-8-3-6/h1-11,20-21H,(H,29,31);2*1-12H,(H,28,30);1-13H,(H,27,29);2-9H,1H3,(H,19,21);1-4H/b;18-9+;18-9-;9-6+;;. The minimum absolute atomic E-state index is 0.00310. The van der Waals surface area contributed by atoms with Gasteiger partial charge in [0.15, 0.2) is 23.6 Å². The van der Waals surface area contributed by atoms with Gasteiger partial charge in [-0.25, -0.2) is 22.0 Å². The van der Waals surface area contributed by atoms with E-state index in [1.54, 1.807) is 91.0 Å². The molecule has 0 fully saturated rings. The smallest absolute Gasteiger partial charge is 0.260 e. The fourth-order valence-corrected chi connectivity index (χ4v) is 18.9. The number of rotatable bonds is 20. The first-order valence-corrected chi connectivity index (χ1v) is 49.9. The van der Waals surface area contributed by atoms with E-state index in [1.165, 1.54) is 86.5 Å². The lowest BCUT2D eigenvalue weighted by Gasteiger charge is -2.18. The molecule has 0 radical (unpaired) electrons. The van der Waals surface area contributed by atoms with Crippen molar-refractivity contribution in [2.45, 2.75) is 16.6 Å². The molecule has 20 rings (SSSR count). The van der Waals surface area contributed by atoms with Gasteiger partial charge in [0.25, 0.3) is 27.8 Å². The van der Waals surface area contributed by atoms with Crippen molar-refractivity contribution in [3.63, 3.8) is 0 Å². The number of benzene rings is 10. The molecule has 20 aromatic rings. The number of carbonyl (C=O) groups is 6. The van der Waals surface area contributed by atoms with Crippen LogP contribution in [0.5, 0.6) is 0 Å². The first-order chi connectivity index (χ1) is 72.2. The number of Topliss-reactive ketones (excluding diaryl/α,β-unsaturated/α-hetero) is 4. The van der Waals surface area contributed by atoms with Crippen molar-refractivity contribution < 1.29 is 50.7 Å². The van der Waals surface area contributed by atoms with Gasteiger partial charge in [-0.15, -0.1) is 0 Å². The first kappa shape index (κ1) is 108. The Morgan fingerprint density at radius 3 is 0.880 bits per heavy atom. The summed E-state index contributed by atoms with van der Waals surface area (Å²) < 4.78 is 66.2. The number of carbonyl (C=O) groups excluding carboxylic acids is 6. The van der Waals surface area contributed by atoms with E-state index in [4.69, 9.17) is 58.0 Å². The number of alkyl halides is 2. The molecule has 5 N–H and O–H groups in total. The Bertz CT molecular complexity index is 8890. The van der Waals surface area contributed by atoms with E-state index < -0.39 is 84.1 Å². The van der Waals surface area contributed by atoms with Crippen molar-refractivity contribution in [3.8, 4) is 55.6 Å². The number of H-pyrrole nitrogens is 5. The molecule has 0 bridgehead atoms. The Morgan fingerprint density at radius 2 is 0.573 bits per heavy atom. The summed E-state index contributed by atoms with van der Waals surface area (Å²) in [4.78, 5) is 170. The summed E-state index contributed by atoms with van der Waals surface area (Å²) in [5, 5.41) is 5.84. The lowest BCUT2D eigenvalue weighted by molar-refractivity contribution is 0.0986. The van der Waals surface area contributed by atoms with Crippen LogP contribution in [0.25, 0.3) is 128 Å². The fourth-order valence-electron chi connectivity index (χ4n) is 16.1. The molecule has 0 aliphatic rings. The summed E-state index contributed by atoms with van der Waals surface area (Å²) in [5.74, 6) is -4.87. The summed E-state index contributed by atoms with van der Waals surface area (Å²) in [6.07, 6.45) is 18.4. The van der Waals surface area contributed by atoms with Crippen molar-refractivity contribution in [3.05, 3.63) is 512 Å².